The van der Waals surface area contributed by atoms with Gasteiger partial charge in [-0.3, -0.25) is 27.8 Å². The maximum absolute atomic E-state index is 16.3. The third-order valence-electron chi connectivity index (χ3n) is 12.5. The van der Waals surface area contributed by atoms with Crippen molar-refractivity contribution in [3.05, 3.63) is 83.6 Å². The molecule has 6 heterocycles. The number of hydrogen-bond acceptors (Lipinski definition) is 26. The fourth-order valence-electron chi connectivity index (χ4n) is 8.29. The second kappa shape index (κ2) is 34.5. The molecule has 6 aromatic rings. The van der Waals surface area contributed by atoms with Crippen LogP contribution >= 0.6 is 61.9 Å². The number of nitrogen functional groups attached to an aromatic ring is 1. The van der Waals surface area contributed by atoms with Crippen LogP contribution in [0.1, 0.15) is 110 Å². The predicted molar refractivity (Wildman–Crippen MR) is 355 cm³/mol. The number of nitrogens with two attached hydrogens (primary N) is 1. The molecule has 0 aliphatic carbocycles. The van der Waals surface area contributed by atoms with Crippen LogP contribution in [0, 0.1) is 0 Å². The largest absolute Gasteiger partial charge is 0.490 e. The summed E-state index contributed by atoms with van der Waals surface area (Å²) in [5.41, 5.74) is 3.22. The van der Waals surface area contributed by atoms with Crippen molar-refractivity contribution in [3.63, 3.8) is 0 Å². The normalized spacial score (nSPS) is 22.3. The molecule has 2 fully saturated rings. The second-order valence-corrected chi connectivity index (χ2v) is 29.1. The molecule has 2 aromatic carbocycles. The zero-order valence-electron chi connectivity index (χ0n) is 54.3. The number of benzene rings is 2. The summed E-state index contributed by atoms with van der Waals surface area (Å²) in [5, 5.41) is 27.3. The zero-order valence-corrected chi connectivity index (χ0v) is 59.1. The zero-order chi connectivity index (χ0) is 74.3. The van der Waals surface area contributed by atoms with Gasteiger partial charge in [0.2, 0.25) is 11.9 Å². The molecule has 562 valence electrons. The van der Waals surface area contributed by atoms with E-state index in [0.717, 1.165) is 21.8 Å². The number of amides is 2. The van der Waals surface area contributed by atoms with Gasteiger partial charge in [0.1, 0.15) is 70.2 Å². The Hall–Kier alpha value is -6.96. The van der Waals surface area contributed by atoms with Crippen molar-refractivity contribution in [2.75, 3.05) is 23.8 Å². The number of carboxylic acids is 1. The summed E-state index contributed by atoms with van der Waals surface area (Å²) >= 11 is 24.8. The average molecular weight is 1560 g/mol. The molecule has 12 atom stereocenters. The average Bonchev–Trinajstić information content (AvgIpc) is 1.60. The number of imidazole rings is 2. The number of fused-ring (bicyclic) bond motifs is 2. The fraction of sp³-hybridized carbons (Fsp3) is 0.534. The first-order valence-electron chi connectivity index (χ1n) is 29.1. The summed E-state index contributed by atoms with van der Waals surface area (Å²) in [7, 11) is -8.79. The highest BCUT2D eigenvalue weighted by Crippen LogP contribution is 2.52. The van der Waals surface area contributed by atoms with Crippen LogP contribution in [-0.2, 0) is 61.0 Å². The highest BCUT2D eigenvalue weighted by molar-refractivity contribution is 7.52. The number of esters is 2. The highest BCUT2D eigenvalue weighted by Gasteiger charge is 2.60. The third kappa shape index (κ3) is 23.0. The first-order valence-corrected chi connectivity index (χ1v) is 33.7. The third-order valence-corrected chi connectivity index (χ3v) is 17.1. The molecular formula is C58H77Cl4F5N12O20P2. The molecule has 2 aliphatic rings. The van der Waals surface area contributed by atoms with Crippen molar-refractivity contribution >= 4 is 126 Å². The Kier molecular flexibility index (Phi) is 29.6. The number of halogens is 9. The van der Waals surface area contributed by atoms with Gasteiger partial charge in [0.05, 0.1) is 38.1 Å². The van der Waals surface area contributed by atoms with Crippen molar-refractivity contribution in [3.8, 4) is 11.5 Å². The molecule has 4 aromatic heterocycles. The Labute approximate surface area is 595 Å². The van der Waals surface area contributed by atoms with Crippen LogP contribution in [0.4, 0.5) is 43.4 Å². The van der Waals surface area contributed by atoms with E-state index in [2.05, 4.69) is 40.1 Å². The molecular weight excluding hydrogens is 1480 g/mol. The van der Waals surface area contributed by atoms with Gasteiger partial charge >= 0.3 is 51.8 Å². The molecule has 2 saturated heterocycles. The van der Waals surface area contributed by atoms with Crippen LogP contribution in [0.15, 0.2) is 73.3 Å². The van der Waals surface area contributed by atoms with Crippen molar-refractivity contribution < 1.29 is 117 Å². The lowest BCUT2D eigenvalue weighted by molar-refractivity contribution is -0.192. The van der Waals surface area contributed by atoms with Crippen LogP contribution in [0.3, 0.4) is 0 Å². The first-order chi connectivity index (χ1) is 45.7. The molecule has 8 rings (SSSR count). The lowest BCUT2D eigenvalue weighted by Gasteiger charge is -2.27. The smallest absolute Gasteiger partial charge is 0.475 e. The van der Waals surface area contributed by atoms with Crippen LogP contribution in [-0.4, -0.2) is 174 Å². The number of nitrogens with one attached hydrogen (secondary N) is 2. The van der Waals surface area contributed by atoms with Crippen LogP contribution in [0.2, 0.25) is 10.3 Å². The van der Waals surface area contributed by atoms with Gasteiger partial charge in [-0.2, -0.15) is 43.3 Å². The summed E-state index contributed by atoms with van der Waals surface area (Å²) in [6, 6.07) is 13.5. The number of ether oxygens (including phenoxy) is 6. The molecule has 2 aliphatic heterocycles. The summed E-state index contributed by atoms with van der Waals surface area (Å²) in [6.07, 6.45) is -16.9. The quantitative estimate of drug-likeness (QED) is 0.00973. The SMILES string of the molecule is C.C.CC(C)OC(=O)[C@H](C)NP(=O)(OC[C@H]1O[C@@H](n2cnc3c(Cl)nc(N(C(=O)OC(C)(C)C)C(=O)OC(C)(C)C)nc32)C(F)(Cl)[C@H]1O)Oc1ccccc1.CC(C)OC(=O)[C@H](C)NP(=O)(OC[C@H]1O[C@@H](n2cnc3c(Cl)nc(N)nc32)C(F)(Cl)[C@H]1O)Oc1ccccc1.O=C(O)C(F)(F)F. The molecule has 0 bridgehead atoms. The van der Waals surface area contributed by atoms with Gasteiger partial charge in [0, 0.05) is 0 Å². The Balaban J connectivity index is 0.000000397. The van der Waals surface area contributed by atoms with Crippen LogP contribution < -0.4 is 29.9 Å². The molecule has 32 nitrogen and oxygen atoms in total. The topological polar surface area (TPSA) is 413 Å². The van der Waals surface area contributed by atoms with E-state index in [0.29, 0.717) is 4.90 Å². The summed E-state index contributed by atoms with van der Waals surface area (Å²) in [4.78, 5) is 84.9. The molecule has 4 unspecified atom stereocenters. The lowest BCUT2D eigenvalue weighted by atomic mass is 10.1. The van der Waals surface area contributed by atoms with E-state index >= 15 is 8.78 Å². The Morgan fingerprint density at radius 2 is 0.990 bits per heavy atom. The van der Waals surface area contributed by atoms with Gasteiger partial charge in [0.25, 0.3) is 10.3 Å². The number of carbonyl (C=O) groups excluding carboxylic acids is 4. The van der Waals surface area contributed by atoms with E-state index in [4.69, 9.17) is 109 Å². The minimum absolute atomic E-state index is 0. The number of carbonyl (C=O) groups is 5. The number of aliphatic hydroxyl groups excluding tert-OH is 2. The monoisotopic (exact) mass is 1560 g/mol. The Morgan fingerprint density at radius 1 is 0.644 bits per heavy atom. The number of aliphatic carboxylic acids is 1. The second-order valence-electron chi connectivity index (χ2n) is 23.8. The molecule has 7 N–H and O–H groups in total. The van der Waals surface area contributed by atoms with Gasteiger partial charge < -0.3 is 58.5 Å². The van der Waals surface area contributed by atoms with E-state index in [1.165, 1.54) is 38.1 Å². The molecule has 0 saturated carbocycles. The molecule has 2 amide bonds. The Morgan fingerprint density at radius 3 is 1.33 bits per heavy atom. The minimum Gasteiger partial charge on any atom is -0.475 e. The van der Waals surface area contributed by atoms with E-state index in [9.17, 15) is 51.7 Å². The number of alkyl halides is 7. The van der Waals surface area contributed by atoms with E-state index < -0.39 is 154 Å². The van der Waals surface area contributed by atoms with Crippen LogP contribution in [0.5, 0.6) is 11.5 Å². The van der Waals surface area contributed by atoms with E-state index in [-0.39, 0.29) is 64.9 Å². The van der Waals surface area contributed by atoms with E-state index in [1.54, 1.807) is 106 Å². The standard InChI is InChI=1S/C32H42Cl2FN6O11P.C22H26Cl2FN6O7P.C2HF3O2.2CH4/c1-17(2)48-25(43)18(3)39-53(46,52-19-13-11-10-12-14-19)47-15-20-22(42)32(34,35)26(49-20)40-16-36-21-23(33)37-27(38-24(21)40)41(28(44)50-30(4,5)6)29(45)51-31(7,8)9;1-11(2)36-19(33)12(3)30-39(34,38-13-7-5-4-6-8-13)35-9-14-16(32)22(24,25)20(37-14)31-10-27-15-17(23)28-21(26)29-18(15)31;3-2(4,5)1(6)7;;/h10-14,16-18,20,22,26,42H,15H2,1-9H3,(H,39,46);4-8,10-12,14,16,20,32H,9H2,1-3H3,(H,30,34)(H2,26,28,29);(H,6,7);2*1H4/t18-,20+,22-,26+,32?,53?;12-,14+,16-,20+,22?,39?;;;/m00.../s1. The molecule has 101 heavy (non-hydrogen) atoms. The molecule has 43 heteroatoms. The number of hydrogen-bond donors (Lipinski definition) is 6. The minimum atomic E-state index is -5.08. The van der Waals surface area contributed by atoms with Gasteiger partial charge in [-0.1, -0.05) is 97.7 Å². The fourth-order valence-corrected chi connectivity index (χ4v) is 12.3. The molecule has 0 spiro atoms. The number of rotatable bonds is 21. The summed E-state index contributed by atoms with van der Waals surface area (Å²) in [6.45, 7) is 17.3. The van der Waals surface area contributed by atoms with Gasteiger partial charge in [0.15, 0.2) is 34.1 Å². The number of anilines is 2. The number of imide groups is 1. The maximum Gasteiger partial charge on any atom is 0.490 e. The molecule has 0 radical (unpaired) electrons. The van der Waals surface area contributed by atoms with Gasteiger partial charge in [-0.15, -0.1) is 4.90 Å². The summed E-state index contributed by atoms with van der Waals surface area (Å²) in [5.74, 6) is -4.81. The Bertz CT molecular complexity index is 3910. The summed E-state index contributed by atoms with van der Waals surface area (Å²) < 4.78 is 148. The first kappa shape index (κ1) is 86.4. The van der Waals surface area contributed by atoms with E-state index in [1.807, 2.05) is 0 Å². The number of nitrogens with zero attached hydrogens (tertiary/aromatic N) is 9. The van der Waals surface area contributed by atoms with Crippen molar-refractivity contribution in [2.45, 2.75) is 187 Å². The predicted octanol–water partition coefficient (Wildman–Crippen LogP) is 11.7. The number of para-hydroxylation sites is 2. The highest BCUT2D eigenvalue weighted by atomic mass is 35.5. The lowest BCUT2D eigenvalue weighted by Crippen LogP contribution is -2.44. The van der Waals surface area contributed by atoms with Crippen molar-refractivity contribution in [1.29, 1.82) is 0 Å². The van der Waals surface area contributed by atoms with Crippen LogP contribution in [0.25, 0.3) is 22.3 Å². The number of aliphatic hydroxyl groups is 2. The van der Waals surface area contributed by atoms with Crippen molar-refractivity contribution in [1.82, 2.24) is 49.2 Å². The van der Waals surface area contributed by atoms with Crippen molar-refractivity contribution in [2.24, 2.45) is 0 Å². The number of aromatic nitrogens is 8. The van der Waals surface area contributed by atoms with Gasteiger partial charge in [-0.05, 0) is 107 Å². The maximum atomic E-state index is 16.3. The number of carboxylic acid groups (broad SMARTS) is 1. The van der Waals surface area contributed by atoms with Gasteiger partial charge in [-0.25, -0.2) is 42.3 Å².